The highest BCUT2D eigenvalue weighted by Crippen LogP contribution is 2.33. The van der Waals surface area contributed by atoms with Crippen molar-refractivity contribution in [2.24, 2.45) is 0 Å². The Labute approximate surface area is 258 Å². The molecule has 9 heteroatoms. The first-order valence-corrected chi connectivity index (χ1v) is 15.5. The van der Waals surface area contributed by atoms with Crippen molar-refractivity contribution in [3.8, 4) is 0 Å². The summed E-state index contributed by atoms with van der Waals surface area (Å²) in [5.74, 6) is -0.639. The minimum atomic E-state index is -0.764. The first-order valence-electron chi connectivity index (χ1n) is 15.5. The lowest BCUT2D eigenvalue weighted by Gasteiger charge is -2.38. The highest BCUT2D eigenvalue weighted by atomic mass is 19.1. The van der Waals surface area contributed by atoms with E-state index >= 15 is 0 Å². The van der Waals surface area contributed by atoms with E-state index < -0.39 is 6.04 Å². The molecule has 8 nitrogen and oxygen atoms in total. The zero-order valence-corrected chi connectivity index (χ0v) is 25.7. The van der Waals surface area contributed by atoms with Crippen LogP contribution in [0.25, 0.3) is 10.9 Å². The molecule has 6 rings (SSSR count). The summed E-state index contributed by atoms with van der Waals surface area (Å²) in [6.07, 6.45) is 3.76. The zero-order valence-electron chi connectivity index (χ0n) is 25.7. The lowest BCUT2D eigenvalue weighted by atomic mass is 9.90. The summed E-state index contributed by atoms with van der Waals surface area (Å²) in [5.41, 5.74) is 6.19. The van der Waals surface area contributed by atoms with Crippen LogP contribution in [0.2, 0.25) is 0 Å². The van der Waals surface area contributed by atoms with E-state index in [0.717, 1.165) is 58.4 Å². The molecule has 230 valence electrons. The molecule has 1 aromatic heterocycles. The third-order valence-electron chi connectivity index (χ3n) is 8.95. The molecule has 0 aliphatic carbocycles. The van der Waals surface area contributed by atoms with Crippen molar-refractivity contribution in [3.05, 3.63) is 95.4 Å². The van der Waals surface area contributed by atoms with E-state index in [1.165, 1.54) is 12.1 Å². The van der Waals surface area contributed by atoms with Crippen LogP contribution in [-0.2, 0) is 17.8 Å². The maximum absolute atomic E-state index is 14.6. The average molecular weight is 597 g/mol. The van der Waals surface area contributed by atoms with Gasteiger partial charge in [-0.05, 0) is 80.0 Å². The van der Waals surface area contributed by atoms with E-state index in [1.54, 1.807) is 17.0 Å². The number of H-pyrrole nitrogens is 1. The number of hydrogen-bond donors (Lipinski definition) is 2. The standard InChI is InChI=1S/C35H41FN6O2/c1-24(30-22-37-31-9-5-4-8-29(30)31)33(34(43)42-16-6-7-26-11-10-25(21-32(26)42)23-39(2)3)38-35(44)41-19-17-40(18-20-41)28-14-12-27(36)13-15-28/h4-5,8-15,21-22,24,33,37H,6-7,16-20,23H2,1-3H3,(H,38,44)/t24-,33-/m1/s1. The van der Waals surface area contributed by atoms with Crippen LogP contribution < -0.4 is 15.1 Å². The third-order valence-corrected chi connectivity index (χ3v) is 8.95. The number of amides is 3. The number of rotatable bonds is 7. The number of aromatic nitrogens is 1. The number of urea groups is 1. The summed E-state index contributed by atoms with van der Waals surface area (Å²) in [6.45, 7) is 5.69. The fourth-order valence-corrected chi connectivity index (χ4v) is 6.58. The molecule has 0 unspecified atom stereocenters. The lowest BCUT2D eigenvalue weighted by molar-refractivity contribution is -0.121. The van der Waals surface area contributed by atoms with Crippen molar-refractivity contribution in [1.29, 1.82) is 0 Å². The number of benzene rings is 3. The molecule has 2 aliphatic rings. The summed E-state index contributed by atoms with van der Waals surface area (Å²) in [5, 5.41) is 4.23. The van der Waals surface area contributed by atoms with Gasteiger partial charge in [0.2, 0.25) is 5.91 Å². The Morgan fingerprint density at radius 1 is 0.977 bits per heavy atom. The molecule has 2 N–H and O–H groups in total. The van der Waals surface area contributed by atoms with Gasteiger partial charge in [0.05, 0.1) is 0 Å². The Morgan fingerprint density at radius 3 is 2.48 bits per heavy atom. The molecule has 0 bridgehead atoms. The summed E-state index contributed by atoms with van der Waals surface area (Å²) in [4.78, 5) is 39.7. The van der Waals surface area contributed by atoms with Gasteiger partial charge in [0.25, 0.3) is 0 Å². The van der Waals surface area contributed by atoms with Crippen molar-refractivity contribution < 1.29 is 14.0 Å². The van der Waals surface area contributed by atoms with Crippen LogP contribution >= 0.6 is 0 Å². The van der Waals surface area contributed by atoms with Crippen molar-refractivity contribution in [2.45, 2.75) is 38.3 Å². The van der Waals surface area contributed by atoms with Crippen LogP contribution in [0.1, 0.15) is 36.0 Å². The van der Waals surface area contributed by atoms with Crippen molar-refractivity contribution in [1.82, 2.24) is 20.1 Å². The molecule has 3 amide bonds. The van der Waals surface area contributed by atoms with Gasteiger partial charge in [-0.3, -0.25) is 4.79 Å². The molecule has 44 heavy (non-hydrogen) atoms. The zero-order chi connectivity index (χ0) is 30.8. The quantitative estimate of drug-likeness (QED) is 0.302. The second kappa shape index (κ2) is 12.7. The molecule has 3 heterocycles. The van der Waals surface area contributed by atoms with E-state index in [9.17, 15) is 14.0 Å². The summed E-state index contributed by atoms with van der Waals surface area (Å²) in [7, 11) is 4.08. The number of nitrogens with zero attached hydrogens (tertiary/aromatic N) is 4. The number of anilines is 2. The van der Waals surface area contributed by atoms with Crippen LogP contribution in [0.4, 0.5) is 20.6 Å². The SMILES string of the molecule is C[C@H](c1c[nH]c2ccccc12)[C@@H](NC(=O)N1CCN(c2ccc(F)cc2)CC1)C(=O)N1CCCc2ccc(CN(C)C)cc21. The van der Waals surface area contributed by atoms with Gasteiger partial charge >= 0.3 is 6.03 Å². The van der Waals surface area contributed by atoms with Crippen molar-refractivity contribution in [2.75, 3.05) is 56.6 Å². The number of carbonyl (C=O) groups excluding carboxylic acids is 2. The second-order valence-corrected chi connectivity index (χ2v) is 12.3. The molecular formula is C35H41FN6O2. The topological polar surface area (TPSA) is 74.9 Å². The van der Waals surface area contributed by atoms with Crippen LogP contribution in [0.15, 0.2) is 72.9 Å². The van der Waals surface area contributed by atoms with E-state index in [4.69, 9.17) is 0 Å². The van der Waals surface area contributed by atoms with Crippen molar-refractivity contribution in [3.63, 3.8) is 0 Å². The number of piperazine rings is 1. The van der Waals surface area contributed by atoms with Crippen LogP contribution in [-0.4, -0.2) is 79.6 Å². The van der Waals surface area contributed by atoms with Gasteiger partial charge in [0.15, 0.2) is 0 Å². The highest BCUT2D eigenvalue weighted by Gasteiger charge is 2.36. The number of halogens is 1. The first-order chi connectivity index (χ1) is 21.3. The molecule has 2 aliphatic heterocycles. The first kappa shape index (κ1) is 29.7. The molecule has 1 saturated heterocycles. The number of hydrogen-bond acceptors (Lipinski definition) is 4. The average Bonchev–Trinajstić information content (AvgIpc) is 3.47. The fraction of sp³-hybridized carbons (Fsp3) is 0.371. The molecule has 0 radical (unpaired) electrons. The van der Waals surface area contributed by atoms with Crippen LogP contribution in [0.5, 0.6) is 0 Å². The molecule has 4 aromatic rings. The monoisotopic (exact) mass is 596 g/mol. The minimum Gasteiger partial charge on any atom is -0.368 e. The number of aryl methyl sites for hydroxylation is 1. The Hall–Kier alpha value is -4.37. The Kier molecular flexibility index (Phi) is 8.57. The largest absolute Gasteiger partial charge is 0.368 e. The summed E-state index contributed by atoms with van der Waals surface area (Å²) in [6, 6.07) is 19.9. The molecule has 0 saturated carbocycles. The Bertz CT molecular complexity index is 1630. The molecule has 3 aromatic carbocycles. The lowest BCUT2D eigenvalue weighted by Crippen LogP contribution is -2.58. The fourth-order valence-electron chi connectivity index (χ4n) is 6.58. The van der Waals surface area contributed by atoms with E-state index in [0.29, 0.717) is 32.7 Å². The van der Waals surface area contributed by atoms with Crippen molar-refractivity contribution >= 4 is 34.2 Å². The number of para-hydroxylation sites is 1. The Balaban J connectivity index is 1.26. The van der Waals surface area contributed by atoms with Crippen LogP contribution in [0.3, 0.4) is 0 Å². The maximum Gasteiger partial charge on any atom is 0.318 e. The van der Waals surface area contributed by atoms with Gasteiger partial charge in [0.1, 0.15) is 11.9 Å². The molecule has 0 spiro atoms. The number of carbonyl (C=O) groups is 2. The third kappa shape index (κ3) is 6.15. The van der Waals surface area contributed by atoms with E-state index in [-0.39, 0.29) is 23.7 Å². The molecule has 1 fully saturated rings. The molecule has 2 atom stereocenters. The maximum atomic E-state index is 14.6. The normalized spacial score (nSPS) is 16.6. The second-order valence-electron chi connectivity index (χ2n) is 12.3. The number of aromatic amines is 1. The smallest absolute Gasteiger partial charge is 0.318 e. The van der Waals surface area contributed by atoms with Gasteiger partial charge in [-0.2, -0.15) is 0 Å². The van der Waals surface area contributed by atoms with Gasteiger partial charge in [0, 0.05) is 73.7 Å². The van der Waals surface area contributed by atoms with Crippen LogP contribution in [0, 0.1) is 5.82 Å². The Morgan fingerprint density at radius 2 is 1.73 bits per heavy atom. The predicted octanol–water partition coefficient (Wildman–Crippen LogP) is 5.35. The van der Waals surface area contributed by atoms with Gasteiger partial charge < -0.3 is 29.9 Å². The summed E-state index contributed by atoms with van der Waals surface area (Å²) < 4.78 is 13.4. The van der Waals surface area contributed by atoms with E-state index in [2.05, 4.69) is 44.4 Å². The van der Waals surface area contributed by atoms with Gasteiger partial charge in [-0.25, -0.2) is 9.18 Å². The predicted molar refractivity (Wildman–Crippen MR) is 174 cm³/mol. The molecular weight excluding hydrogens is 555 g/mol. The van der Waals surface area contributed by atoms with Gasteiger partial charge in [-0.15, -0.1) is 0 Å². The number of fused-ring (bicyclic) bond motifs is 2. The highest BCUT2D eigenvalue weighted by molar-refractivity contribution is 6.01. The van der Waals surface area contributed by atoms with Gasteiger partial charge in [-0.1, -0.05) is 37.3 Å². The summed E-state index contributed by atoms with van der Waals surface area (Å²) >= 11 is 0. The minimum absolute atomic E-state index is 0.0935. The van der Waals surface area contributed by atoms with E-state index in [1.807, 2.05) is 50.3 Å². The number of nitrogens with one attached hydrogen (secondary N) is 2.